The van der Waals surface area contributed by atoms with Crippen LogP contribution in [0.1, 0.15) is 54.1 Å². The van der Waals surface area contributed by atoms with E-state index in [1.165, 1.54) is 6.07 Å². The van der Waals surface area contributed by atoms with Gasteiger partial charge in [0.2, 0.25) is 20.9 Å². The number of rotatable bonds is 9. The van der Waals surface area contributed by atoms with Crippen molar-refractivity contribution in [2.45, 2.75) is 45.6 Å². The molecule has 1 aliphatic rings. The highest BCUT2D eigenvalue weighted by Gasteiger charge is 2.30. The van der Waals surface area contributed by atoms with Gasteiger partial charge in [0.15, 0.2) is 5.78 Å². The van der Waals surface area contributed by atoms with Crippen molar-refractivity contribution in [1.82, 2.24) is 0 Å². The molecule has 1 aliphatic heterocycles. The molecule has 0 spiro atoms. The zero-order valence-corrected chi connectivity index (χ0v) is 19.5. The molecule has 0 amide bonds. The number of carbonyl (C=O) groups excluding carboxylic acids is 1. The van der Waals surface area contributed by atoms with E-state index in [1.54, 1.807) is 6.07 Å². The molecule has 7 nitrogen and oxygen atoms in total. The third kappa shape index (κ3) is 5.46. The number of ketones is 1. The summed E-state index contributed by atoms with van der Waals surface area (Å²) in [5, 5.41) is 0. The fourth-order valence-electron chi connectivity index (χ4n) is 3.94. The van der Waals surface area contributed by atoms with E-state index in [0.29, 0.717) is 40.9 Å². The quantitative estimate of drug-likeness (QED) is 0.452. The van der Waals surface area contributed by atoms with Gasteiger partial charge < -0.3 is 4.90 Å². The molecule has 2 aromatic carbocycles. The summed E-state index contributed by atoms with van der Waals surface area (Å²) in [5.74, 6) is -0.111. The van der Waals surface area contributed by atoms with Gasteiger partial charge >= 0.3 is 0 Å². The molecule has 0 saturated carbocycles. The zero-order valence-electron chi connectivity index (χ0n) is 17.8. The van der Waals surface area contributed by atoms with Crippen molar-refractivity contribution in [2.24, 2.45) is 0 Å². The highest BCUT2D eigenvalue weighted by Crippen LogP contribution is 2.40. The van der Waals surface area contributed by atoms with Crippen molar-refractivity contribution < 1.29 is 21.6 Å². The largest absolute Gasteiger partial charge is 0.365 e. The van der Waals surface area contributed by atoms with Crippen molar-refractivity contribution in [3.05, 3.63) is 59.2 Å². The van der Waals surface area contributed by atoms with Crippen molar-refractivity contribution in [2.75, 3.05) is 21.4 Å². The van der Waals surface area contributed by atoms with Crippen LogP contribution in [0.5, 0.6) is 0 Å². The molecule has 0 saturated heterocycles. The van der Waals surface area contributed by atoms with E-state index in [2.05, 4.69) is 0 Å². The van der Waals surface area contributed by atoms with E-state index >= 15 is 0 Å². The first-order chi connectivity index (χ1) is 14.7. The van der Waals surface area contributed by atoms with Crippen LogP contribution in [0.25, 0.3) is 0 Å². The summed E-state index contributed by atoms with van der Waals surface area (Å²) in [7, 11) is -7.56. The third-order valence-electron chi connectivity index (χ3n) is 5.32. The number of fused-ring (bicyclic) bond motifs is 1. The molecule has 0 aliphatic carbocycles. The van der Waals surface area contributed by atoms with Crippen molar-refractivity contribution in [3.63, 3.8) is 0 Å². The molecule has 0 atom stereocenters. The van der Waals surface area contributed by atoms with Crippen molar-refractivity contribution in [3.8, 4) is 0 Å². The van der Waals surface area contributed by atoms with Gasteiger partial charge in [0.05, 0.1) is 17.6 Å². The Bertz CT molecular complexity index is 1120. The van der Waals surface area contributed by atoms with Gasteiger partial charge in [-0.05, 0) is 42.5 Å². The van der Waals surface area contributed by atoms with Crippen molar-refractivity contribution >= 4 is 38.1 Å². The maximum atomic E-state index is 12.7. The monoisotopic (exact) mass is 464 g/mol. The van der Waals surface area contributed by atoms with Crippen LogP contribution in [0.15, 0.2) is 42.5 Å². The Balaban J connectivity index is 2.18. The number of hydrogen-bond donors (Lipinski definition) is 1. The second kappa shape index (κ2) is 9.82. The topological polar surface area (TPSA) is 91.8 Å². The van der Waals surface area contributed by atoms with Gasteiger partial charge in [0, 0.05) is 25.1 Å². The number of anilines is 2. The second-order valence-electron chi connectivity index (χ2n) is 7.78. The van der Waals surface area contributed by atoms with Crippen molar-refractivity contribution in [1.29, 1.82) is 0 Å². The lowest BCUT2D eigenvalue weighted by molar-refractivity contribution is 0.0979. The van der Waals surface area contributed by atoms with Gasteiger partial charge in [0.1, 0.15) is 0 Å². The maximum absolute atomic E-state index is 12.7. The standard InChI is InChI=1S/C22H28N2O5S2/c1-3-4-12-21(25)19-14-18-11-8-13-23(16-17-9-6-5-7-10-17)22(18)20(15-19)24(30(26)27)31(2,28)29/h5-7,9-10,14-15,30H,3-4,8,11-13,16H2,1-2H3. The van der Waals surface area contributed by atoms with Gasteiger partial charge in [0.25, 0.3) is 0 Å². The number of unbranched alkanes of at least 4 members (excludes halogenated alkanes) is 1. The number of Topliss-reactive ketones (excluding diaryl/α,β-unsaturated/α-hetero) is 1. The first-order valence-electron chi connectivity index (χ1n) is 10.4. The smallest absolute Gasteiger partial charge is 0.245 e. The predicted octanol–water partition coefficient (Wildman–Crippen LogP) is 3.30. The van der Waals surface area contributed by atoms with E-state index in [1.807, 2.05) is 42.2 Å². The highest BCUT2D eigenvalue weighted by atomic mass is 32.3. The number of hydrogen-bond acceptors (Lipinski definition) is 6. The highest BCUT2D eigenvalue weighted by molar-refractivity contribution is 8.03. The molecule has 0 fully saturated rings. The van der Waals surface area contributed by atoms with E-state index in [4.69, 9.17) is 0 Å². The second-order valence-corrected chi connectivity index (χ2v) is 10.8. The van der Waals surface area contributed by atoms with E-state index in [0.717, 1.165) is 36.6 Å². The molecule has 2 aromatic rings. The fraction of sp³-hybridized carbons (Fsp3) is 0.409. The van der Waals surface area contributed by atoms with Crippen LogP contribution < -0.4 is 8.61 Å². The molecule has 31 heavy (non-hydrogen) atoms. The summed E-state index contributed by atoms with van der Waals surface area (Å²) in [6, 6.07) is 12.9. The molecule has 0 unspecified atom stereocenters. The minimum atomic E-state index is -4.11. The van der Waals surface area contributed by atoms with Gasteiger partial charge in [-0.2, -0.15) is 3.71 Å². The Morgan fingerprint density at radius 1 is 1.16 bits per heavy atom. The van der Waals surface area contributed by atoms with Gasteiger partial charge in [-0.25, -0.2) is 16.8 Å². The van der Waals surface area contributed by atoms with Gasteiger partial charge in [-0.1, -0.05) is 43.7 Å². The van der Waals surface area contributed by atoms with E-state index in [-0.39, 0.29) is 11.5 Å². The van der Waals surface area contributed by atoms with Crippen LogP contribution in [0.4, 0.5) is 11.4 Å². The van der Waals surface area contributed by atoms with Crippen LogP contribution in [-0.4, -0.2) is 35.4 Å². The summed E-state index contributed by atoms with van der Waals surface area (Å²) in [4.78, 5) is 14.7. The first-order valence-corrected chi connectivity index (χ1v) is 13.3. The zero-order chi connectivity index (χ0) is 22.6. The molecule has 0 radical (unpaired) electrons. The third-order valence-corrected chi connectivity index (χ3v) is 7.95. The lowest BCUT2D eigenvalue weighted by Crippen LogP contribution is -2.34. The maximum Gasteiger partial charge on any atom is 0.245 e. The predicted molar refractivity (Wildman–Crippen MR) is 124 cm³/mol. The van der Waals surface area contributed by atoms with Gasteiger partial charge in [-0.15, -0.1) is 0 Å². The number of sulfonamides is 1. The summed E-state index contributed by atoms with van der Waals surface area (Å²) in [6.45, 7) is 3.16. The minimum Gasteiger partial charge on any atom is -0.365 e. The summed E-state index contributed by atoms with van der Waals surface area (Å²) < 4.78 is 49.3. The van der Waals surface area contributed by atoms with Crippen LogP contribution in [0, 0.1) is 0 Å². The van der Waals surface area contributed by atoms with Crippen LogP contribution in [-0.2, 0) is 33.9 Å². The number of carbonyl (C=O) groups is 1. The Labute approximate surface area is 185 Å². The fourth-order valence-corrected chi connectivity index (χ4v) is 5.74. The molecule has 168 valence electrons. The van der Waals surface area contributed by atoms with Crippen LogP contribution >= 0.6 is 0 Å². The summed E-state index contributed by atoms with van der Waals surface area (Å²) in [6.07, 6.45) is 4.25. The van der Waals surface area contributed by atoms with E-state index in [9.17, 15) is 21.6 Å². The molecule has 9 heteroatoms. The van der Waals surface area contributed by atoms with E-state index < -0.39 is 20.9 Å². The Morgan fingerprint density at radius 3 is 2.48 bits per heavy atom. The lowest BCUT2D eigenvalue weighted by atomic mass is 9.94. The molecule has 0 N–H and O–H groups in total. The molecule has 0 aromatic heterocycles. The molecule has 0 bridgehead atoms. The number of benzene rings is 2. The van der Waals surface area contributed by atoms with Gasteiger partial charge in [-0.3, -0.25) is 4.79 Å². The molecule has 1 heterocycles. The Kier molecular flexibility index (Phi) is 7.38. The Morgan fingerprint density at radius 2 is 1.87 bits per heavy atom. The average molecular weight is 465 g/mol. The number of aryl methyl sites for hydroxylation is 1. The number of thiol groups is 1. The minimum absolute atomic E-state index is 0.0339. The first kappa shape index (κ1) is 23.3. The summed E-state index contributed by atoms with van der Waals surface area (Å²) in [5.41, 5.74) is 2.78. The molecular weight excluding hydrogens is 436 g/mol. The summed E-state index contributed by atoms with van der Waals surface area (Å²) >= 11 is 0. The van der Waals surface area contributed by atoms with Crippen LogP contribution in [0.2, 0.25) is 0 Å². The molecule has 3 rings (SSSR count). The normalized spacial score (nSPS) is 13.8. The lowest BCUT2D eigenvalue weighted by Gasteiger charge is -2.35. The molecular formula is C22H28N2O5S2. The van der Waals surface area contributed by atoms with Crippen LogP contribution in [0.3, 0.4) is 0 Å². The SMILES string of the molecule is CCCCC(=O)c1cc2c(c(N([SH](=O)=O)S(C)(=O)=O)c1)N(Cc1ccccc1)CCC2. The number of nitrogens with zero attached hydrogens (tertiary/aromatic N) is 2. The average Bonchev–Trinajstić information content (AvgIpc) is 2.71. The Hall–Kier alpha value is -2.39.